The smallest absolute Gasteiger partial charge is 0.270 e. The van der Waals surface area contributed by atoms with Crippen molar-refractivity contribution in [3.8, 4) is 5.75 Å². The van der Waals surface area contributed by atoms with Crippen LogP contribution in [0.2, 0.25) is 0 Å². The van der Waals surface area contributed by atoms with Crippen molar-refractivity contribution in [1.82, 2.24) is 14.4 Å². The van der Waals surface area contributed by atoms with E-state index in [0.29, 0.717) is 37.6 Å². The van der Waals surface area contributed by atoms with Gasteiger partial charge in [-0.05, 0) is 36.8 Å². The van der Waals surface area contributed by atoms with Crippen LogP contribution in [0.25, 0.3) is 11.1 Å². The van der Waals surface area contributed by atoms with E-state index in [1.54, 1.807) is 13.4 Å². The minimum absolute atomic E-state index is 0.0378. The summed E-state index contributed by atoms with van der Waals surface area (Å²) in [6, 6.07) is 11.5. The fourth-order valence-corrected chi connectivity index (χ4v) is 4.30. The molecule has 32 heavy (non-hydrogen) atoms. The minimum Gasteiger partial charge on any atom is -0.497 e. The van der Waals surface area contributed by atoms with Crippen LogP contribution in [-0.2, 0) is 11.3 Å². The number of aromatic nitrogens is 1. The second-order valence-electron chi connectivity index (χ2n) is 9.50. The van der Waals surface area contributed by atoms with E-state index in [9.17, 15) is 9.59 Å². The predicted molar refractivity (Wildman–Crippen MR) is 123 cm³/mol. The molecule has 0 radical (unpaired) electrons. The van der Waals surface area contributed by atoms with E-state index in [1.807, 2.05) is 78.5 Å². The zero-order valence-corrected chi connectivity index (χ0v) is 19.4. The summed E-state index contributed by atoms with van der Waals surface area (Å²) >= 11 is 0. The van der Waals surface area contributed by atoms with Crippen molar-refractivity contribution in [2.75, 3.05) is 26.7 Å². The first-order valence-corrected chi connectivity index (χ1v) is 11.0. The van der Waals surface area contributed by atoms with E-state index in [-0.39, 0.29) is 17.9 Å². The number of nitrogens with zero attached hydrogens (tertiary/aromatic N) is 3. The molecule has 1 aliphatic rings. The van der Waals surface area contributed by atoms with Crippen LogP contribution in [0.1, 0.15) is 43.7 Å². The van der Waals surface area contributed by atoms with Gasteiger partial charge in [0.25, 0.3) is 5.91 Å². The molecular formula is C25H31N3O4. The second kappa shape index (κ2) is 8.37. The van der Waals surface area contributed by atoms with Gasteiger partial charge in [0.05, 0.1) is 19.9 Å². The molecule has 7 nitrogen and oxygen atoms in total. The largest absolute Gasteiger partial charge is 0.497 e. The highest BCUT2D eigenvalue weighted by atomic mass is 16.5. The van der Waals surface area contributed by atoms with Gasteiger partial charge in [0.1, 0.15) is 11.4 Å². The second-order valence-corrected chi connectivity index (χ2v) is 9.50. The molecular weight excluding hydrogens is 406 g/mol. The molecule has 0 aliphatic carbocycles. The Morgan fingerprint density at radius 2 is 1.94 bits per heavy atom. The van der Waals surface area contributed by atoms with Crippen molar-refractivity contribution in [3.05, 3.63) is 53.9 Å². The Bertz CT molecular complexity index is 1140. The van der Waals surface area contributed by atoms with Crippen molar-refractivity contribution in [2.24, 2.45) is 5.41 Å². The van der Waals surface area contributed by atoms with Crippen molar-refractivity contribution >= 4 is 22.9 Å². The fraction of sp³-hybridized carbons (Fsp3) is 0.440. The Morgan fingerprint density at radius 3 is 2.62 bits per heavy atom. The van der Waals surface area contributed by atoms with Crippen LogP contribution < -0.4 is 4.74 Å². The third-order valence-electron chi connectivity index (χ3n) is 6.01. The van der Waals surface area contributed by atoms with Crippen molar-refractivity contribution < 1.29 is 18.7 Å². The number of benzene rings is 1. The fourth-order valence-electron chi connectivity index (χ4n) is 4.30. The Labute approximate surface area is 188 Å². The van der Waals surface area contributed by atoms with Crippen molar-refractivity contribution in [1.29, 1.82) is 0 Å². The van der Waals surface area contributed by atoms with Crippen LogP contribution in [0.4, 0.5) is 0 Å². The van der Waals surface area contributed by atoms with E-state index in [0.717, 1.165) is 16.7 Å². The lowest BCUT2D eigenvalue weighted by Gasteiger charge is -2.42. The topological polar surface area (TPSA) is 67.9 Å². The van der Waals surface area contributed by atoms with Gasteiger partial charge < -0.3 is 23.5 Å². The number of furan rings is 1. The lowest BCUT2D eigenvalue weighted by atomic mass is 9.93. The van der Waals surface area contributed by atoms with Gasteiger partial charge >= 0.3 is 0 Å². The molecule has 1 saturated heterocycles. The average Bonchev–Trinajstić information content (AvgIpc) is 3.35. The summed E-state index contributed by atoms with van der Waals surface area (Å²) < 4.78 is 13.0. The van der Waals surface area contributed by atoms with Crippen LogP contribution in [-0.4, -0.2) is 59.0 Å². The summed E-state index contributed by atoms with van der Waals surface area (Å²) in [5.41, 5.74) is 1.84. The molecule has 0 bridgehead atoms. The molecule has 1 fully saturated rings. The van der Waals surface area contributed by atoms with Gasteiger partial charge in [0, 0.05) is 36.5 Å². The zero-order valence-electron chi connectivity index (χ0n) is 19.4. The van der Waals surface area contributed by atoms with Crippen LogP contribution in [0.15, 0.2) is 47.1 Å². The summed E-state index contributed by atoms with van der Waals surface area (Å²) in [6.07, 6.45) is 1.64. The van der Waals surface area contributed by atoms with Crippen LogP contribution >= 0.6 is 0 Å². The van der Waals surface area contributed by atoms with Gasteiger partial charge in [-0.2, -0.15) is 0 Å². The number of rotatable bonds is 4. The molecule has 170 valence electrons. The molecule has 0 saturated carbocycles. The lowest BCUT2D eigenvalue weighted by molar-refractivity contribution is -0.143. The number of ether oxygens (including phenoxy) is 1. The van der Waals surface area contributed by atoms with Crippen LogP contribution in [0, 0.1) is 5.41 Å². The molecule has 0 N–H and O–H groups in total. The van der Waals surface area contributed by atoms with Gasteiger partial charge in [-0.1, -0.05) is 32.9 Å². The summed E-state index contributed by atoms with van der Waals surface area (Å²) in [6.45, 7) is 9.84. The number of methoxy groups -OCH3 is 1. The number of hydrogen-bond donors (Lipinski definition) is 0. The van der Waals surface area contributed by atoms with Gasteiger partial charge in [-0.3, -0.25) is 9.59 Å². The Hall–Kier alpha value is -3.22. The molecule has 3 aromatic rings. The first-order valence-electron chi connectivity index (χ1n) is 11.0. The third kappa shape index (κ3) is 4.11. The highest BCUT2D eigenvalue weighted by Crippen LogP contribution is 2.26. The molecule has 1 aliphatic heterocycles. The standard InChI is InChI=1S/C25H31N3O4/c1-17-15-26(10-11-27(17)24(30)25(2,3)4)22(29)21-14-19-9-12-32-23(19)28(21)16-18-7-6-8-20(13-18)31-5/h6-9,12-14,17H,10-11,15-16H2,1-5H3. The van der Waals surface area contributed by atoms with Gasteiger partial charge in [-0.25, -0.2) is 0 Å². The number of carbonyl (C=O) groups is 2. The summed E-state index contributed by atoms with van der Waals surface area (Å²) in [4.78, 5) is 30.1. The first-order chi connectivity index (χ1) is 15.2. The maximum absolute atomic E-state index is 13.6. The third-order valence-corrected chi connectivity index (χ3v) is 6.01. The monoisotopic (exact) mass is 437 g/mol. The number of piperazine rings is 1. The van der Waals surface area contributed by atoms with E-state index in [4.69, 9.17) is 9.15 Å². The summed E-state index contributed by atoms with van der Waals surface area (Å²) in [7, 11) is 1.64. The number of carbonyl (C=O) groups excluding carboxylic acids is 2. The highest BCUT2D eigenvalue weighted by molar-refractivity contribution is 5.98. The summed E-state index contributed by atoms with van der Waals surface area (Å²) in [5.74, 6) is 0.844. The maximum atomic E-state index is 13.6. The van der Waals surface area contributed by atoms with E-state index >= 15 is 0 Å². The van der Waals surface area contributed by atoms with E-state index in [2.05, 4.69) is 0 Å². The predicted octanol–water partition coefficient (Wildman–Crippen LogP) is 4.01. The molecule has 2 amide bonds. The molecule has 0 spiro atoms. The molecule has 1 atom stereocenters. The molecule has 3 heterocycles. The van der Waals surface area contributed by atoms with Gasteiger partial charge in [0.15, 0.2) is 0 Å². The van der Waals surface area contributed by atoms with Crippen molar-refractivity contribution in [2.45, 2.75) is 40.3 Å². The molecule has 1 unspecified atom stereocenters. The quantitative estimate of drug-likeness (QED) is 0.619. The maximum Gasteiger partial charge on any atom is 0.270 e. The molecule has 4 rings (SSSR count). The van der Waals surface area contributed by atoms with E-state index in [1.165, 1.54) is 0 Å². The minimum atomic E-state index is -0.434. The Balaban J connectivity index is 1.59. The highest BCUT2D eigenvalue weighted by Gasteiger charge is 2.35. The number of fused-ring (bicyclic) bond motifs is 1. The Kier molecular flexibility index (Phi) is 5.75. The molecule has 2 aromatic heterocycles. The zero-order chi connectivity index (χ0) is 23.0. The van der Waals surface area contributed by atoms with Crippen LogP contribution in [0.5, 0.6) is 5.75 Å². The average molecular weight is 438 g/mol. The Morgan fingerprint density at radius 1 is 1.16 bits per heavy atom. The van der Waals surface area contributed by atoms with E-state index < -0.39 is 5.41 Å². The summed E-state index contributed by atoms with van der Waals surface area (Å²) in [5, 5.41) is 0.894. The van der Waals surface area contributed by atoms with Crippen LogP contribution in [0.3, 0.4) is 0 Å². The van der Waals surface area contributed by atoms with Crippen molar-refractivity contribution in [3.63, 3.8) is 0 Å². The number of hydrogen-bond acceptors (Lipinski definition) is 4. The molecule has 1 aromatic carbocycles. The van der Waals surface area contributed by atoms with Gasteiger partial charge in [0.2, 0.25) is 11.6 Å². The number of amides is 2. The molecule has 7 heteroatoms. The normalized spacial score (nSPS) is 17.1. The lowest BCUT2D eigenvalue weighted by Crippen LogP contribution is -2.57. The SMILES string of the molecule is COc1cccc(Cn2c(C(=O)N3CCN(C(=O)C(C)(C)C)C(C)C3)cc3ccoc32)c1. The van der Waals surface area contributed by atoms with Gasteiger partial charge in [-0.15, -0.1) is 0 Å². The first kappa shape index (κ1) is 22.0.